The molecule has 0 fully saturated rings. The predicted molar refractivity (Wildman–Crippen MR) is 74.4 cm³/mol. The molecule has 0 saturated heterocycles. The summed E-state index contributed by atoms with van der Waals surface area (Å²) < 4.78 is 7.05. The molecule has 19 heavy (non-hydrogen) atoms. The van der Waals surface area contributed by atoms with Crippen LogP contribution in [0, 0.1) is 13.8 Å². The Labute approximate surface area is 113 Å². The summed E-state index contributed by atoms with van der Waals surface area (Å²) in [5.41, 5.74) is 3.84. The van der Waals surface area contributed by atoms with E-state index in [2.05, 4.69) is 11.2 Å². The highest BCUT2D eigenvalue weighted by Gasteiger charge is 2.21. The van der Waals surface area contributed by atoms with Gasteiger partial charge in [-0.1, -0.05) is 29.3 Å². The minimum absolute atomic E-state index is 0.619. The molecule has 0 aliphatic carbocycles. The summed E-state index contributed by atoms with van der Waals surface area (Å²) in [6.45, 7) is 6.74. The molecule has 0 saturated carbocycles. The lowest BCUT2D eigenvalue weighted by molar-refractivity contribution is 0.202. The number of aliphatic hydroxyl groups is 1. The molecule has 1 aromatic heterocycles. The van der Waals surface area contributed by atoms with Gasteiger partial charge in [0, 0.05) is 6.54 Å². The van der Waals surface area contributed by atoms with E-state index in [1.165, 1.54) is 0 Å². The van der Waals surface area contributed by atoms with Crippen molar-refractivity contribution in [2.45, 2.75) is 33.4 Å². The maximum Gasteiger partial charge on any atom is 0.163 e. The first-order chi connectivity index (χ1) is 9.06. The number of aliphatic hydroxyl groups excluding tert-OH is 1. The molecular weight excluding hydrogens is 240 g/mol. The summed E-state index contributed by atoms with van der Waals surface area (Å²) in [7, 11) is 1.59. The molecule has 0 bridgehead atoms. The Morgan fingerprint density at radius 1 is 1.26 bits per heavy atom. The van der Waals surface area contributed by atoms with Crippen molar-refractivity contribution in [2.75, 3.05) is 7.11 Å². The van der Waals surface area contributed by atoms with Gasteiger partial charge in [-0.3, -0.25) is 4.68 Å². The number of hydrogen-bond acceptors (Lipinski definition) is 3. The first-order valence-electron chi connectivity index (χ1n) is 6.42. The van der Waals surface area contributed by atoms with Crippen LogP contribution < -0.4 is 4.74 Å². The van der Waals surface area contributed by atoms with E-state index in [1.807, 2.05) is 32.9 Å². The average molecular weight is 260 g/mol. The lowest BCUT2D eigenvalue weighted by Gasteiger charge is -2.15. The lowest BCUT2D eigenvalue weighted by Crippen LogP contribution is -2.10. The largest absolute Gasteiger partial charge is 0.493 e. The summed E-state index contributed by atoms with van der Waals surface area (Å²) in [5.74, 6) is 0.619. The Morgan fingerprint density at radius 3 is 2.42 bits per heavy atom. The number of ether oxygens (including phenoxy) is 1. The topological polar surface area (TPSA) is 47.3 Å². The predicted octanol–water partition coefficient (Wildman–Crippen LogP) is 2.61. The molecule has 2 aromatic rings. The van der Waals surface area contributed by atoms with E-state index in [-0.39, 0.29) is 0 Å². The van der Waals surface area contributed by atoms with Crippen molar-refractivity contribution in [3.63, 3.8) is 0 Å². The monoisotopic (exact) mass is 260 g/mol. The molecule has 102 valence electrons. The maximum absolute atomic E-state index is 10.6. The minimum atomic E-state index is -0.726. The Bertz CT molecular complexity index is 534. The molecular formula is C15H20N2O2. The zero-order valence-electron chi connectivity index (χ0n) is 11.8. The molecule has 2 rings (SSSR count). The van der Waals surface area contributed by atoms with Gasteiger partial charge in [-0.15, -0.1) is 0 Å². The van der Waals surface area contributed by atoms with Crippen LogP contribution in [-0.2, 0) is 6.54 Å². The molecule has 0 radical (unpaired) electrons. The molecule has 0 aliphatic rings. The molecule has 0 aliphatic heterocycles. The molecule has 0 spiro atoms. The average Bonchev–Trinajstić information content (AvgIpc) is 2.79. The first kappa shape index (κ1) is 13.6. The number of rotatable bonds is 4. The van der Waals surface area contributed by atoms with E-state index in [0.717, 1.165) is 16.7 Å². The minimum Gasteiger partial charge on any atom is -0.493 e. The Hall–Kier alpha value is -1.81. The third-order valence-electron chi connectivity index (χ3n) is 3.18. The van der Waals surface area contributed by atoms with Crippen molar-refractivity contribution < 1.29 is 9.84 Å². The van der Waals surface area contributed by atoms with Gasteiger partial charge < -0.3 is 9.84 Å². The van der Waals surface area contributed by atoms with Crippen LogP contribution in [0.2, 0.25) is 0 Å². The Morgan fingerprint density at radius 2 is 1.89 bits per heavy atom. The van der Waals surface area contributed by atoms with Gasteiger partial charge >= 0.3 is 0 Å². The van der Waals surface area contributed by atoms with Crippen molar-refractivity contribution in [3.05, 3.63) is 46.8 Å². The van der Waals surface area contributed by atoms with Crippen LogP contribution in [0.1, 0.15) is 35.4 Å². The van der Waals surface area contributed by atoms with Gasteiger partial charge in [0.05, 0.1) is 13.3 Å². The van der Waals surface area contributed by atoms with Crippen LogP contribution in [-0.4, -0.2) is 22.0 Å². The van der Waals surface area contributed by atoms with E-state index >= 15 is 0 Å². The van der Waals surface area contributed by atoms with Gasteiger partial charge in [0.25, 0.3) is 0 Å². The van der Waals surface area contributed by atoms with Gasteiger partial charge in [-0.2, -0.15) is 5.10 Å². The zero-order chi connectivity index (χ0) is 14.0. The third kappa shape index (κ3) is 2.63. The third-order valence-corrected chi connectivity index (χ3v) is 3.18. The van der Waals surface area contributed by atoms with Crippen molar-refractivity contribution >= 4 is 0 Å². The fourth-order valence-electron chi connectivity index (χ4n) is 2.39. The van der Waals surface area contributed by atoms with Gasteiger partial charge in [-0.25, -0.2) is 0 Å². The molecule has 1 N–H and O–H groups in total. The van der Waals surface area contributed by atoms with E-state index in [4.69, 9.17) is 4.74 Å². The van der Waals surface area contributed by atoms with Crippen LogP contribution in [0.25, 0.3) is 0 Å². The van der Waals surface area contributed by atoms with Gasteiger partial charge in [0.2, 0.25) is 0 Å². The Balaban J connectivity index is 2.48. The smallest absolute Gasteiger partial charge is 0.163 e. The van der Waals surface area contributed by atoms with Crippen molar-refractivity contribution in [1.82, 2.24) is 9.78 Å². The lowest BCUT2D eigenvalue weighted by atomic mass is 10.0. The van der Waals surface area contributed by atoms with E-state index in [9.17, 15) is 5.11 Å². The molecule has 4 heteroatoms. The number of nitrogens with zero attached hydrogens (tertiary/aromatic N) is 2. The fourth-order valence-corrected chi connectivity index (χ4v) is 2.39. The molecule has 1 aromatic carbocycles. The van der Waals surface area contributed by atoms with Gasteiger partial charge in [-0.05, 0) is 26.3 Å². The summed E-state index contributed by atoms with van der Waals surface area (Å²) in [6.07, 6.45) is 0.918. The maximum atomic E-state index is 10.6. The van der Waals surface area contributed by atoms with Crippen molar-refractivity contribution in [2.24, 2.45) is 0 Å². The van der Waals surface area contributed by atoms with Crippen LogP contribution in [0.3, 0.4) is 0 Å². The zero-order valence-corrected chi connectivity index (χ0v) is 11.8. The van der Waals surface area contributed by atoms with Crippen LogP contribution in [0.4, 0.5) is 0 Å². The summed E-state index contributed by atoms with van der Waals surface area (Å²) >= 11 is 0. The number of aromatic nitrogens is 2. The van der Waals surface area contributed by atoms with E-state index in [0.29, 0.717) is 18.0 Å². The SMILES string of the molecule is CCn1ncc(OC)c1C(O)c1cc(C)cc(C)c1. The summed E-state index contributed by atoms with van der Waals surface area (Å²) in [5, 5.41) is 14.8. The van der Waals surface area contributed by atoms with Crippen LogP contribution in [0.15, 0.2) is 24.4 Å². The molecule has 1 unspecified atom stereocenters. The van der Waals surface area contributed by atoms with E-state index in [1.54, 1.807) is 18.0 Å². The molecule has 1 atom stereocenters. The van der Waals surface area contributed by atoms with Crippen LogP contribution in [0.5, 0.6) is 5.75 Å². The van der Waals surface area contributed by atoms with Crippen molar-refractivity contribution in [1.29, 1.82) is 0 Å². The number of aryl methyl sites for hydroxylation is 3. The number of hydrogen-bond donors (Lipinski definition) is 1. The molecule has 4 nitrogen and oxygen atoms in total. The van der Waals surface area contributed by atoms with Crippen LogP contribution >= 0.6 is 0 Å². The standard InChI is InChI=1S/C15H20N2O2/c1-5-17-14(13(19-4)9-16-17)15(18)12-7-10(2)6-11(3)8-12/h6-9,15,18H,5H2,1-4H3. The highest BCUT2D eigenvalue weighted by Crippen LogP contribution is 2.30. The number of benzene rings is 1. The second kappa shape index (κ2) is 5.45. The van der Waals surface area contributed by atoms with Gasteiger partial charge in [0.1, 0.15) is 11.8 Å². The normalized spacial score (nSPS) is 12.5. The quantitative estimate of drug-likeness (QED) is 0.919. The Kier molecular flexibility index (Phi) is 3.90. The molecule has 1 heterocycles. The number of methoxy groups -OCH3 is 1. The molecule has 0 amide bonds. The summed E-state index contributed by atoms with van der Waals surface area (Å²) in [6, 6.07) is 6.07. The highest BCUT2D eigenvalue weighted by molar-refractivity contribution is 5.38. The first-order valence-corrected chi connectivity index (χ1v) is 6.42. The highest BCUT2D eigenvalue weighted by atomic mass is 16.5. The van der Waals surface area contributed by atoms with E-state index < -0.39 is 6.10 Å². The second-order valence-electron chi connectivity index (χ2n) is 4.74. The summed E-state index contributed by atoms with van der Waals surface area (Å²) in [4.78, 5) is 0. The fraction of sp³-hybridized carbons (Fsp3) is 0.400. The van der Waals surface area contributed by atoms with Gasteiger partial charge in [0.15, 0.2) is 5.75 Å². The van der Waals surface area contributed by atoms with Crippen molar-refractivity contribution in [3.8, 4) is 5.75 Å². The second-order valence-corrected chi connectivity index (χ2v) is 4.74.